The third-order valence-electron chi connectivity index (χ3n) is 2.83. The molecular weight excluding hydrogens is 205 g/mol. The summed E-state index contributed by atoms with van der Waals surface area (Å²) >= 11 is 0. The monoisotopic (exact) mass is 221 g/mol. The molecular formula is C13H16FNO. The third-order valence-corrected chi connectivity index (χ3v) is 2.83. The second-order valence-electron chi connectivity index (χ2n) is 3.97. The Labute approximate surface area is 95.1 Å². The highest BCUT2D eigenvalue weighted by Gasteiger charge is 2.19. The summed E-state index contributed by atoms with van der Waals surface area (Å²) in [6, 6.07) is 5.25. The summed E-state index contributed by atoms with van der Waals surface area (Å²) in [5.74, 6) is 0.724. The number of hydrogen-bond donors (Lipinski definition) is 1. The summed E-state index contributed by atoms with van der Waals surface area (Å²) in [7, 11) is 1.85. The lowest BCUT2D eigenvalue weighted by molar-refractivity contribution is 0.218. The van der Waals surface area contributed by atoms with Gasteiger partial charge in [-0.15, -0.1) is 0 Å². The Balaban J connectivity index is 2.29. The zero-order valence-electron chi connectivity index (χ0n) is 9.59. The minimum Gasteiger partial charge on any atom is -0.496 e. The molecule has 1 N–H and O–H groups in total. The molecule has 1 heterocycles. The SMILES string of the molecule is CNC(C1=CCCO1)c1ccc(C)c(F)c1. The fourth-order valence-electron chi connectivity index (χ4n) is 1.90. The van der Waals surface area contributed by atoms with Gasteiger partial charge in [-0.05, 0) is 37.2 Å². The van der Waals surface area contributed by atoms with Crippen molar-refractivity contribution >= 4 is 0 Å². The van der Waals surface area contributed by atoms with Crippen LogP contribution in [-0.4, -0.2) is 13.7 Å². The van der Waals surface area contributed by atoms with Gasteiger partial charge in [-0.2, -0.15) is 0 Å². The smallest absolute Gasteiger partial charge is 0.126 e. The molecule has 0 bridgehead atoms. The Kier molecular flexibility index (Phi) is 3.25. The molecule has 1 aliphatic rings. The van der Waals surface area contributed by atoms with Gasteiger partial charge < -0.3 is 10.1 Å². The summed E-state index contributed by atoms with van der Waals surface area (Å²) in [6.45, 7) is 2.49. The van der Waals surface area contributed by atoms with Crippen molar-refractivity contribution in [2.45, 2.75) is 19.4 Å². The van der Waals surface area contributed by atoms with E-state index in [1.54, 1.807) is 19.1 Å². The fraction of sp³-hybridized carbons (Fsp3) is 0.385. The first-order chi connectivity index (χ1) is 7.72. The van der Waals surface area contributed by atoms with Crippen LogP contribution in [0.3, 0.4) is 0 Å². The number of ether oxygens (including phenoxy) is 1. The Morgan fingerprint density at radius 3 is 2.81 bits per heavy atom. The molecule has 2 rings (SSSR count). The average Bonchev–Trinajstić information content (AvgIpc) is 2.78. The van der Waals surface area contributed by atoms with Crippen LogP contribution in [0, 0.1) is 12.7 Å². The maximum atomic E-state index is 13.5. The van der Waals surface area contributed by atoms with Crippen molar-refractivity contribution in [1.29, 1.82) is 0 Å². The number of rotatable bonds is 3. The average molecular weight is 221 g/mol. The van der Waals surface area contributed by atoms with E-state index < -0.39 is 0 Å². The largest absolute Gasteiger partial charge is 0.496 e. The van der Waals surface area contributed by atoms with E-state index in [-0.39, 0.29) is 11.9 Å². The first-order valence-electron chi connectivity index (χ1n) is 5.48. The second kappa shape index (κ2) is 4.66. The molecule has 1 atom stereocenters. The molecule has 0 saturated heterocycles. The van der Waals surface area contributed by atoms with Crippen molar-refractivity contribution in [3.8, 4) is 0 Å². The number of hydrogen-bond acceptors (Lipinski definition) is 2. The maximum Gasteiger partial charge on any atom is 0.126 e. The van der Waals surface area contributed by atoms with Crippen LogP contribution < -0.4 is 5.32 Å². The molecule has 0 fully saturated rings. The summed E-state index contributed by atoms with van der Waals surface area (Å²) in [4.78, 5) is 0. The third kappa shape index (κ3) is 2.09. The summed E-state index contributed by atoms with van der Waals surface area (Å²) in [5.41, 5.74) is 1.57. The number of nitrogens with one attached hydrogen (secondary N) is 1. The van der Waals surface area contributed by atoms with Crippen LogP contribution in [0.2, 0.25) is 0 Å². The van der Waals surface area contributed by atoms with Crippen LogP contribution in [0.4, 0.5) is 4.39 Å². The Morgan fingerprint density at radius 1 is 1.44 bits per heavy atom. The normalized spacial score (nSPS) is 16.8. The molecule has 3 heteroatoms. The van der Waals surface area contributed by atoms with Crippen LogP contribution in [0.15, 0.2) is 30.0 Å². The van der Waals surface area contributed by atoms with Crippen molar-refractivity contribution in [3.63, 3.8) is 0 Å². The van der Waals surface area contributed by atoms with Gasteiger partial charge in [0.1, 0.15) is 11.6 Å². The predicted octanol–water partition coefficient (Wildman–Crippen LogP) is 2.70. The molecule has 86 valence electrons. The van der Waals surface area contributed by atoms with Crippen LogP contribution in [0.25, 0.3) is 0 Å². The highest BCUT2D eigenvalue weighted by Crippen LogP contribution is 2.27. The van der Waals surface area contributed by atoms with Crippen LogP contribution in [0.1, 0.15) is 23.6 Å². The van der Waals surface area contributed by atoms with E-state index >= 15 is 0 Å². The van der Waals surface area contributed by atoms with Gasteiger partial charge in [-0.25, -0.2) is 4.39 Å². The van der Waals surface area contributed by atoms with E-state index in [4.69, 9.17) is 4.74 Å². The summed E-state index contributed by atoms with van der Waals surface area (Å²) in [5, 5.41) is 3.15. The molecule has 0 radical (unpaired) electrons. The van der Waals surface area contributed by atoms with Gasteiger partial charge in [0.2, 0.25) is 0 Å². The van der Waals surface area contributed by atoms with E-state index in [1.807, 2.05) is 13.1 Å². The summed E-state index contributed by atoms with van der Waals surface area (Å²) in [6.07, 6.45) is 2.99. The lowest BCUT2D eigenvalue weighted by Crippen LogP contribution is -2.19. The second-order valence-corrected chi connectivity index (χ2v) is 3.97. The molecule has 1 aromatic carbocycles. The molecule has 1 aliphatic heterocycles. The topological polar surface area (TPSA) is 21.3 Å². The van der Waals surface area contributed by atoms with E-state index in [0.717, 1.165) is 24.4 Å². The standard InChI is InChI=1S/C13H16FNO/c1-9-5-6-10(8-11(9)14)13(15-2)12-4-3-7-16-12/h4-6,8,13,15H,3,7H2,1-2H3. The maximum absolute atomic E-state index is 13.5. The van der Waals surface area contributed by atoms with Crippen molar-refractivity contribution in [3.05, 3.63) is 47.0 Å². The minimum absolute atomic E-state index is 0.0439. The van der Waals surface area contributed by atoms with E-state index in [1.165, 1.54) is 0 Å². The van der Waals surface area contributed by atoms with Crippen LogP contribution in [0.5, 0.6) is 0 Å². The minimum atomic E-state index is -0.170. The van der Waals surface area contributed by atoms with Crippen LogP contribution >= 0.6 is 0 Å². The highest BCUT2D eigenvalue weighted by atomic mass is 19.1. The molecule has 0 amide bonds. The molecule has 2 nitrogen and oxygen atoms in total. The number of aryl methyl sites for hydroxylation is 1. The molecule has 1 unspecified atom stereocenters. The Morgan fingerprint density at radius 2 is 2.25 bits per heavy atom. The molecule has 0 aromatic heterocycles. The lowest BCUT2D eigenvalue weighted by atomic mass is 10.0. The van der Waals surface area contributed by atoms with Gasteiger partial charge >= 0.3 is 0 Å². The predicted molar refractivity (Wildman–Crippen MR) is 61.6 cm³/mol. The Hall–Kier alpha value is -1.35. The molecule has 0 spiro atoms. The number of benzene rings is 1. The zero-order chi connectivity index (χ0) is 11.5. The van der Waals surface area contributed by atoms with Crippen molar-refractivity contribution in [1.82, 2.24) is 5.32 Å². The van der Waals surface area contributed by atoms with Gasteiger partial charge in [0, 0.05) is 6.42 Å². The molecule has 0 aliphatic carbocycles. The highest BCUT2D eigenvalue weighted by molar-refractivity contribution is 5.30. The molecule has 16 heavy (non-hydrogen) atoms. The quantitative estimate of drug-likeness (QED) is 0.847. The lowest BCUT2D eigenvalue weighted by Gasteiger charge is -2.18. The van der Waals surface area contributed by atoms with E-state index in [2.05, 4.69) is 11.4 Å². The van der Waals surface area contributed by atoms with Crippen LogP contribution in [-0.2, 0) is 4.74 Å². The van der Waals surface area contributed by atoms with Crippen molar-refractivity contribution < 1.29 is 9.13 Å². The van der Waals surface area contributed by atoms with Gasteiger partial charge in [0.05, 0.1) is 12.6 Å². The van der Waals surface area contributed by atoms with Crippen molar-refractivity contribution in [2.24, 2.45) is 0 Å². The van der Waals surface area contributed by atoms with Gasteiger partial charge in [-0.3, -0.25) is 0 Å². The summed E-state index contributed by atoms with van der Waals surface area (Å²) < 4.78 is 19.0. The van der Waals surface area contributed by atoms with Gasteiger partial charge in [-0.1, -0.05) is 12.1 Å². The number of halogens is 1. The molecule has 0 saturated carbocycles. The Bertz CT molecular complexity index is 414. The van der Waals surface area contributed by atoms with Gasteiger partial charge in [0.25, 0.3) is 0 Å². The van der Waals surface area contributed by atoms with E-state index in [9.17, 15) is 4.39 Å². The number of likely N-dealkylation sites (N-methyl/N-ethyl adjacent to an activating group) is 1. The van der Waals surface area contributed by atoms with Gasteiger partial charge in [0.15, 0.2) is 0 Å². The van der Waals surface area contributed by atoms with Crippen molar-refractivity contribution in [2.75, 3.05) is 13.7 Å². The zero-order valence-corrected chi connectivity index (χ0v) is 9.59. The van der Waals surface area contributed by atoms with E-state index in [0.29, 0.717) is 5.56 Å². The first kappa shape index (κ1) is 11.1. The molecule has 1 aromatic rings. The fourth-order valence-corrected chi connectivity index (χ4v) is 1.90. The first-order valence-corrected chi connectivity index (χ1v) is 5.48.